The summed E-state index contributed by atoms with van der Waals surface area (Å²) in [6.45, 7) is 3.75. The van der Waals surface area contributed by atoms with Gasteiger partial charge in [0.2, 0.25) is 0 Å². The third-order valence-electron chi connectivity index (χ3n) is 2.48. The van der Waals surface area contributed by atoms with Gasteiger partial charge in [-0.15, -0.1) is 0 Å². The molecule has 0 radical (unpaired) electrons. The normalized spacial score (nSPS) is 10.1. The SMILES string of the molecule is Cc1ccc(C(=O)O)c(Oc2ccc(C)nc2)c1. The Morgan fingerprint density at radius 1 is 1.22 bits per heavy atom. The van der Waals surface area contributed by atoms with Gasteiger partial charge in [-0.25, -0.2) is 4.79 Å². The second kappa shape index (κ2) is 4.87. The highest BCUT2D eigenvalue weighted by atomic mass is 16.5. The summed E-state index contributed by atoms with van der Waals surface area (Å²) in [4.78, 5) is 15.2. The average molecular weight is 243 g/mol. The molecule has 0 bridgehead atoms. The number of aryl methyl sites for hydroxylation is 2. The highest BCUT2D eigenvalue weighted by molar-refractivity contribution is 5.91. The number of aromatic nitrogens is 1. The summed E-state index contributed by atoms with van der Waals surface area (Å²) in [6, 6.07) is 8.55. The lowest BCUT2D eigenvalue weighted by atomic mass is 10.1. The van der Waals surface area contributed by atoms with Crippen molar-refractivity contribution in [3.63, 3.8) is 0 Å². The fourth-order valence-corrected chi connectivity index (χ4v) is 1.53. The average Bonchev–Trinajstić information content (AvgIpc) is 2.32. The fourth-order valence-electron chi connectivity index (χ4n) is 1.53. The van der Waals surface area contributed by atoms with E-state index < -0.39 is 5.97 Å². The summed E-state index contributed by atoms with van der Waals surface area (Å²) in [7, 11) is 0. The van der Waals surface area contributed by atoms with Gasteiger partial charge in [-0.1, -0.05) is 6.07 Å². The largest absolute Gasteiger partial charge is 0.478 e. The highest BCUT2D eigenvalue weighted by Crippen LogP contribution is 2.26. The number of carboxylic acids is 1. The van der Waals surface area contributed by atoms with Crippen molar-refractivity contribution in [1.82, 2.24) is 4.98 Å². The van der Waals surface area contributed by atoms with Crippen LogP contribution in [0.2, 0.25) is 0 Å². The number of carboxylic acid groups (broad SMARTS) is 1. The molecule has 0 aliphatic rings. The van der Waals surface area contributed by atoms with Crippen LogP contribution in [-0.2, 0) is 0 Å². The molecule has 1 heterocycles. The Hall–Kier alpha value is -2.36. The molecule has 1 aromatic carbocycles. The van der Waals surface area contributed by atoms with Crippen molar-refractivity contribution in [2.45, 2.75) is 13.8 Å². The van der Waals surface area contributed by atoms with Crippen molar-refractivity contribution in [2.75, 3.05) is 0 Å². The number of ether oxygens (including phenoxy) is 1. The van der Waals surface area contributed by atoms with E-state index in [1.807, 2.05) is 19.9 Å². The molecule has 0 fully saturated rings. The van der Waals surface area contributed by atoms with Gasteiger partial charge in [-0.2, -0.15) is 0 Å². The predicted molar refractivity (Wildman–Crippen MR) is 67.2 cm³/mol. The van der Waals surface area contributed by atoms with Crippen molar-refractivity contribution in [1.29, 1.82) is 0 Å². The number of aromatic carboxylic acids is 1. The molecule has 0 atom stereocenters. The molecule has 0 amide bonds. The number of hydrogen-bond donors (Lipinski definition) is 1. The molecule has 18 heavy (non-hydrogen) atoms. The number of rotatable bonds is 3. The molecule has 2 aromatic rings. The Labute approximate surface area is 105 Å². The Bertz CT molecular complexity index is 576. The minimum atomic E-state index is -1.01. The van der Waals surface area contributed by atoms with Crippen LogP contribution in [0.5, 0.6) is 11.5 Å². The molecule has 0 aliphatic carbocycles. The zero-order chi connectivity index (χ0) is 13.1. The molecule has 0 spiro atoms. The van der Waals surface area contributed by atoms with Gasteiger partial charge < -0.3 is 9.84 Å². The molecule has 2 rings (SSSR count). The van der Waals surface area contributed by atoms with Crippen LogP contribution in [0.3, 0.4) is 0 Å². The van der Waals surface area contributed by atoms with E-state index in [-0.39, 0.29) is 5.56 Å². The molecular formula is C14H13NO3. The number of carbonyl (C=O) groups is 1. The van der Waals surface area contributed by atoms with Gasteiger partial charge in [0.15, 0.2) is 0 Å². The summed E-state index contributed by atoms with van der Waals surface area (Å²) in [5.41, 5.74) is 1.96. The van der Waals surface area contributed by atoms with Crippen LogP contribution in [0, 0.1) is 13.8 Å². The minimum Gasteiger partial charge on any atom is -0.478 e. The molecule has 0 saturated heterocycles. The van der Waals surface area contributed by atoms with Gasteiger partial charge in [0.05, 0.1) is 6.20 Å². The third-order valence-corrected chi connectivity index (χ3v) is 2.48. The van der Waals surface area contributed by atoms with Crippen molar-refractivity contribution >= 4 is 5.97 Å². The second-order valence-corrected chi connectivity index (χ2v) is 4.04. The number of benzene rings is 1. The van der Waals surface area contributed by atoms with Crippen molar-refractivity contribution < 1.29 is 14.6 Å². The Morgan fingerprint density at radius 2 is 2.00 bits per heavy atom. The highest BCUT2D eigenvalue weighted by Gasteiger charge is 2.12. The van der Waals surface area contributed by atoms with Gasteiger partial charge in [0.25, 0.3) is 0 Å². The van der Waals surface area contributed by atoms with Crippen LogP contribution in [-0.4, -0.2) is 16.1 Å². The first kappa shape index (κ1) is 12.1. The molecule has 1 aromatic heterocycles. The standard InChI is InChI=1S/C14H13NO3/c1-9-3-6-12(14(16)17)13(7-9)18-11-5-4-10(2)15-8-11/h3-8H,1-2H3,(H,16,17). The molecule has 4 heteroatoms. The molecule has 4 nitrogen and oxygen atoms in total. The Kier molecular flexibility index (Phi) is 3.28. The quantitative estimate of drug-likeness (QED) is 0.899. The van der Waals surface area contributed by atoms with Crippen molar-refractivity contribution in [3.05, 3.63) is 53.3 Å². The zero-order valence-electron chi connectivity index (χ0n) is 10.2. The van der Waals surface area contributed by atoms with Crippen LogP contribution in [0.4, 0.5) is 0 Å². The van der Waals surface area contributed by atoms with E-state index in [0.29, 0.717) is 11.5 Å². The van der Waals surface area contributed by atoms with E-state index in [1.54, 1.807) is 24.4 Å². The van der Waals surface area contributed by atoms with Crippen LogP contribution < -0.4 is 4.74 Å². The van der Waals surface area contributed by atoms with Gasteiger partial charge in [0.1, 0.15) is 17.1 Å². The summed E-state index contributed by atoms with van der Waals surface area (Å²) in [5, 5.41) is 9.08. The van der Waals surface area contributed by atoms with Crippen LogP contribution in [0.25, 0.3) is 0 Å². The zero-order valence-corrected chi connectivity index (χ0v) is 10.2. The number of hydrogen-bond acceptors (Lipinski definition) is 3. The molecule has 0 unspecified atom stereocenters. The molecule has 0 aliphatic heterocycles. The van der Waals surface area contributed by atoms with Crippen molar-refractivity contribution in [2.24, 2.45) is 0 Å². The summed E-state index contributed by atoms with van der Waals surface area (Å²) in [6.07, 6.45) is 1.57. The van der Waals surface area contributed by atoms with E-state index in [0.717, 1.165) is 11.3 Å². The lowest BCUT2D eigenvalue weighted by Crippen LogP contribution is -2.00. The Morgan fingerprint density at radius 3 is 2.61 bits per heavy atom. The number of pyridine rings is 1. The topological polar surface area (TPSA) is 59.4 Å². The van der Waals surface area contributed by atoms with Crippen LogP contribution in [0.1, 0.15) is 21.6 Å². The second-order valence-electron chi connectivity index (χ2n) is 4.04. The maximum atomic E-state index is 11.1. The predicted octanol–water partition coefficient (Wildman–Crippen LogP) is 3.19. The maximum absolute atomic E-state index is 11.1. The molecule has 92 valence electrons. The van der Waals surface area contributed by atoms with E-state index in [4.69, 9.17) is 9.84 Å². The first-order valence-electron chi connectivity index (χ1n) is 5.51. The monoisotopic (exact) mass is 243 g/mol. The maximum Gasteiger partial charge on any atom is 0.339 e. The summed E-state index contributed by atoms with van der Waals surface area (Å²) >= 11 is 0. The van der Waals surface area contributed by atoms with Gasteiger partial charge in [-0.3, -0.25) is 4.98 Å². The first-order valence-corrected chi connectivity index (χ1v) is 5.51. The van der Waals surface area contributed by atoms with Gasteiger partial charge in [0, 0.05) is 5.69 Å². The van der Waals surface area contributed by atoms with E-state index >= 15 is 0 Å². The fraction of sp³-hybridized carbons (Fsp3) is 0.143. The lowest BCUT2D eigenvalue weighted by molar-refractivity contribution is 0.0694. The molecular weight excluding hydrogens is 230 g/mol. The smallest absolute Gasteiger partial charge is 0.339 e. The number of nitrogens with zero attached hydrogens (tertiary/aromatic N) is 1. The van der Waals surface area contributed by atoms with Crippen LogP contribution >= 0.6 is 0 Å². The molecule has 0 saturated carbocycles. The summed E-state index contributed by atoms with van der Waals surface area (Å²) < 4.78 is 5.56. The minimum absolute atomic E-state index is 0.140. The van der Waals surface area contributed by atoms with Crippen LogP contribution in [0.15, 0.2) is 36.5 Å². The first-order chi connectivity index (χ1) is 8.56. The third kappa shape index (κ3) is 2.66. The lowest BCUT2D eigenvalue weighted by Gasteiger charge is -2.09. The van der Waals surface area contributed by atoms with Crippen molar-refractivity contribution in [3.8, 4) is 11.5 Å². The summed E-state index contributed by atoms with van der Waals surface area (Å²) in [5.74, 6) is -0.160. The van der Waals surface area contributed by atoms with Gasteiger partial charge >= 0.3 is 5.97 Å². The van der Waals surface area contributed by atoms with E-state index in [2.05, 4.69) is 4.98 Å². The van der Waals surface area contributed by atoms with Gasteiger partial charge in [-0.05, 0) is 43.7 Å². The molecule has 1 N–H and O–H groups in total. The Balaban J connectivity index is 2.35. The van der Waals surface area contributed by atoms with E-state index in [1.165, 1.54) is 6.07 Å². The van der Waals surface area contributed by atoms with E-state index in [9.17, 15) is 4.79 Å².